The number of imidazole rings is 1. The summed E-state index contributed by atoms with van der Waals surface area (Å²) in [5.74, 6) is 0.539. The van der Waals surface area contributed by atoms with Crippen molar-refractivity contribution in [1.29, 1.82) is 0 Å². The van der Waals surface area contributed by atoms with Crippen LogP contribution in [0.4, 0.5) is 4.79 Å². The van der Waals surface area contributed by atoms with E-state index in [-0.39, 0.29) is 13.0 Å². The Labute approximate surface area is 161 Å². The zero-order chi connectivity index (χ0) is 19.8. The van der Waals surface area contributed by atoms with Crippen molar-refractivity contribution in [2.24, 2.45) is 4.99 Å². The molecule has 2 aromatic rings. The molecule has 1 aliphatic heterocycles. The predicted octanol–water partition coefficient (Wildman–Crippen LogP) is 3.66. The molecule has 2 N–H and O–H groups in total. The van der Waals surface area contributed by atoms with Crippen molar-refractivity contribution in [2.75, 3.05) is 6.54 Å². The zero-order valence-electron chi connectivity index (χ0n) is 15.3. The molecule has 1 saturated heterocycles. The van der Waals surface area contributed by atoms with Gasteiger partial charge in [0.05, 0.1) is 16.1 Å². The number of isocyanates is 1. The van der Waals surface area contributed by atoms with Gasteiger partial charge >= 0.3 is 6.09 Å². The number of hydrogen-bond acceptors (Lipinski definition) is 5. The van der Waals surface area contributed by atoms with Crippen molar-refractivity contribution in [3.8, 4) is 0 Å². The highest BCUT2D eigenvalue weighted by Crippen LogP contribution is 2.42. The smallest absolute Gasteiger partial charge is 0.409 e. The molecule has 1 aromatic heterocycles. The fourth-order valence-corrected chi connectivity index (χ4v) is 3.73. The van der Waals surface area contributed by atoms with Crippen LogP contribution < -0.4 is 0 Å². The number of H-pyrrole nitrogens is 1. The first kappa shape index (κ1) is 19.4. The van der Waals surface area contributed by atoms with Gasteiger partial charge in [-0.2, -0.15) is 4.99 Å². The minimum Gasteiger partial charge on any atom is -0.465 e. The first-order valence-corrected chi connectivity index (χ1v) is 8.94. The number of halogens is 1. The van der Waals surface area contributed by atoms with E-state index in [1.807, 2.05) is 32.9 Å². The number of hydrogen-bond donors (Lipinski definition) is 2. The number of amides is 1. The number of benzene rings is 1. The quantitative estimate of drug-likeness (QED) is 0.612. The van der Waals surface area contributed by atoms with Crippen LogP contribution in [0.25, 0.3) is 11.0 Å². The van der Waals surface area contributed by atoms with Gasteiger partial charge in [0.15, 0.2) is 0 Å². The monoisotopic (exact) mass is 392 g/mol. The summed E-state index contributed by atoms with van der Waals surface area (Å²) >= 11 is 6.25. The van der Waals surface area contributed by atoms with E-state index in [0.29, 0.717) is 22.8 Å². The van der Waals surface area contributed by atoms with E-state index in [2.05, 4.69) is 15.0 Å². The van der Waals surface area contributed by atoms with E-state index in [4.69, 9.17) is 16.3 Å². The predicted molar refractivity (Wildman–Crippen MR) is 99.5 cm³/mol. The summed E-state index contributed by atoms with van der Waals surface area (Å²) in [4.78, 5) is 35.1. The third-order valence-electron chi connectivity index (χ3n) is 4.47. The molecule has 0 radical (unpaired) electrons. The number of piperidine rings is 1. The first-order chi connectivity index (χ1) is 12.6. The van der Waals surface area contributed by atoms with Crippen LogP contribution in [0.3, 0.4) is 0 Å². The van der Waals surface area contributed by atoms with Crippen molar-refractivity contribution in [3.05, 3.63) is 29.0 Å². The molecular weight excluding hydrogens is 372 g/mol. The summed E-state index contributed by atoms with van der Waals surface area (Å²) in [7, 11) is 0. The molecule has 144 valence electrons. The van der Waals surface area contributed by atoms with E-state index in [1.54, 1.807) is 6.07 Å². The van der Waals surface area contributed by atoms with Crippen molar-refractivity contribution in [1.82, 2.24) is 14.9 Å². The van der Waals surface area contributed by atoms with E-state index in [1.165, 1.54) is 6.08 Å². The van der Waals surface area contributed by atoms with Crippen LogP contribution in [0.15, 0.2) is 23.2 Å². The highest BCUT2D eigenvalue weighted by molar-refractivity contribution is 6.34. The Hall–Kier alpha value is -2.41. The van der Waals surface area contributed by atoms with Gasteiger partial charge in [0, 0.05) is 19.4 Å². The van der Waals surface area contributed by atoms with Crippen LogP contribution in [0.2, 0.25) is 5.02 Å². The molecule has 0 bridgehead atoms. The minimum absolute atomic E-state index is 0.142. The van der Waals surface area contributed by atoms with E-state index >= 15 is 0 Å². The molecule has 8 nitrogen and oxygen atoms in total. The number of carbonyl (C=O) groups excluding carboxylic acids is 1. The molecule has 2 heterocycles. The Bertz CT molecular complexity index is 916. The second-order valence-corrected chi connectivity index (χ2v) is 7.97. The van der Waals surface area contributed by atoms with Gasteiger partial charge in [-0.05, 0) is 32.9 Å². The minimum atomic E-state index is -1.14. The SMILES string of the molecule is CC(C)(C)OC1(c2nc3c(Cl)cccc3[nH]2)CCN(C(=O)O)C(N=C=O)C1. The van der Waals surface area contributed by atoms with Gasteiger partial charge in [-0.3, -0.25) is 4.90 Å². The number of rotatable bonds is 3. The number of aliphatic imine (C=N–C) groups is 1. The number of aromatic nitrogens is 2. The lowest BCUT2D eigenvalue weighted by atomic mass is 9.87. The Morgan fingerprint density at radius 3 is 2.85 bits per heavy atom. The normalized spacial score (nSPS) is 23.3. The number of likely N-dealkylation sites (tertiary alicyclic amines) is 1. The van der Waals surface area contributed by atoms with Crippen molar-refractivity contribution >= 4 is 34.8 Å². The molecule has 0 saturated carbocycles. The summed E-state index contributed by atoms with van der Waals surface area (Å²) in [5.41, 5.74) is -0.117. The van der Waals surface area contributed by atoms with Crippen LogP contribution in [0, 0.1) is 0 Å². The maximum atomic E-state index is 11.5. The fraction of sp³-hybridized carbons (Fsp3) is 0.500. The molecule has 9 heteroatoms. The molecule has 2 atom stereocenters. The zero-order valence-corrected chi connectivity index (χ0v) is 16.1. The van der Waals surface area contributed by atoms with E-state index < -0.39 is 23.5 Å². The second kappa shape index (κ2) is 6.96. The summed E-state index contributed by atoms with van der Waals surface area (Å²) in [6.45, 7) is 5.87. The molecule has 2 unspecified atom stereocenters. The van der Waals surface area contributed by atoms with Gasteiger partial charge in [-0.1, -0.05) is 17.7 Å². The van der Waals surface area contributed by atoms with Crippen molar-refractivity contribution in [2.45, 2.75) is 51.0 Å². The summed E-state index contributed by atoms with van der Waals surface area (Å²) in [6.07, 6.45) is -0.0707. The number of nitrogens with one attached hydrogen (secondary N) is 1. The Morgan fingerprint density at radius 1 is 1.52 bits per heavy atom. The van der Waals surface area contributed by atoms with Crippen LogP contribution in [0.5, 0.6) is 0 Å². The third kappa shape index (κ3) is 3.83. The van der Waals surface area contributed by atoms with Crippen molar-refractivity contribution < 1.29 is 19.4 Å². The van der Waals surface area contributed by atoms with Gasteiger partial charge in [0.25, 0.3) is 0 Å². The molecular formula is C18H21ClN4O4. The lowest BCUT2D eigenvalue weighted by molar-refractivity contribution is -0.171. The van der Waals surface area contributed by atoms with Gasteiger partial charge in [0.2, 0.25) is 6.08 Å². The van der Waals surface area contributed by atoms with E-state index in [0.717, 1.165) is 10.4 Å². The molecule has 1 fully saturated rings. The van der Waals surface area contributed by atoms with Gasteiger partial charge in [-0.25, -0.2) is 14.6 Å². The molecule has 1 amide bonds. The number of carboxylic acid groups (broad SMARTS) is 1. The van der Waals surface area contributed by atoms with Gasteiger partial charge in [-0.15, -0.1) is 0 Å². The van der Waals surface area contributed by atoms with Crippen LogP contribution >= 0.6 is 11.6 Å². The summed E-state index contributed by atoms with van der Waals surface area (Å²) < 4.78 is 6.38. The number of aromatic amines is 1. The van der Waals surface area contributed by atoms with Crippen LogP contribution in [0.1, 0.15) is 39.4 Å². The second-order valence-electron chi connectivity index (χ2n) is 7.56. The molecule has 0 spiro atoms. The number of carbonyl (C=O) groups is 1. The molecule has 0 aliphatic carbocycles. The number of nitrogens with zero attached hydrogens (tertiary/aromatic N) is 3. The highest BCUT2D eigenvalue weighted by Gasteiger charge is 2.48. The van der Waals surface area contributed by atoms with Gasteiger partial charge in [0.1, 0.15) is 23.1 Å². The lowest BCUT2D eigenvalue weighted by Crippen LogP contribution is -2.53. The maximum absolute atomic E-state index is 11.5. The Kier molecular flexibility index (Phi) is 4.99. The first-order valence-electron chi connectivity index (χ1n) is 8.57. The average Bonchev–Trinajstić information content (AvgIpc) is 3.00. The summed E-state index contributed by atoms with van der Waals surface area (Å²) in [6, 6.07) is 5.42. The van der Waals surface area contributed by atoms with Crippen LogP contribution in [-0.2, 0) is 15.1 Å². The van der Waals surface area contributed by atoms with Crippen LogP contribution in [-0.4, -0.2) is 50.5 Å². The summed E-state index contributed by atoms with van der Waals surface area (Å²) in [5, 5.41) is 9.92. The molecule has 1 aliphatic rings. The number of ether oxygens (including phenoxy) is 1. The number of fused-ring (bicyclic) bond motifs is 1. The number of para-hydroxylation sites is 1. The standard InChI is InChI=1S/C18H21ClN4O4/c1-17(2,3)27-18(7-8-23(16(25)26)13(9-18)20-10-24)15-21-12-6-4-5-11(19)14(12)22-15/h4-6,13H,7-9H2,1-3H3,(H,21,22)(H,25,26). The largest absolute Gasteiger partial charge is 0.465 e. The lowest BCUT2D eigenvalue weighted by Gasteiger charge is -2.45. The third-order valence-corrected chi connectivity index (χ3v) is 4.78. The average molecular weight is 393 g/mol. The molecule has 3 rings (SSSR count). The molecule has 27 heavy (non-hydrogen) atoms. The Morgan fingerprint density at radius 2 is 2.26 bits per heavy atom. The maximum Gasteiger partial charge on any atom is 0.409 e. The van der Waals surface area contributed by atoms with E-state index in [9.17, 15) is 14.7 Å². The highest BCUT2D eigenvalue weighted by atomic mass is 35.5. The topological polar surface area (TPSA) is 108 Å². The fourth-order valence-electron chi connectivity index (χ4n) is 3.51. The molecule has 1 aromatic carbocycles. The van der Waals surface area contributed by atoms with Gasteiger partial charge < -0.3 is 14.8 Å². The Balaban J connectivity index is 2.10. The van der Waals surface area contributed by atoms with Crippen molar-refractivity contribution in [3.63, 3.8) is 0 Å².